The van der Waals surface area contributed by atoms with Gasteiger partial charge in [-0.25, -0.2) is 4.98 Å². The number of ketones is 1. The first kappa shape index (κ1) is 21.4. The van der Waals surface area contributed by atoms with Crippen LogP contribution in [0.1, 0.15) is 27.7 Å². The number of anilines is 1. The summed E-state index contributed by atoms with van der Waals surface area (Å²) in [4.78, 5) is 27.8. The second-order valence-corrected chi connectivity index (χ2v) is 8.29. The third-order valence-electron chi connectivity index (χ3n) is 5.43. The van der Waals surface area contributed by atoms with Crippen molar-refractivity contribution in [3.63, 3.8) is 0 Å². The molecule has 0 saturated carbocycles. The number of fused-ring (bicyclic) bond motifs is 1. The average Bonchev–Trinajstić information content (AvgIpc) is 3.44. The summed E-state index contributed by atoms with van der Waals surface area (Å²) in [6, 6.07) is 13.0. The van der Waals surface area contributed by atoms with Gasteiger partial charge in [-0.3, -0.25) is 9.78 Å². The molecule has 1 aliphatic rings. The van der Waals surface area contributed by atoms with Crippen LogP contribution in [0.15, 0.2) is 65.6 Å². The van der Waals surface area contributed by atoms with Crippen molar-refractivity contribution in [2.75, 3.05) is 12.0 Å². The van der Waals surface area contributed by atoms with Crippen molar-refractivity contribution in [3.8, 4) is 17.3 Å². The zero-order valence-corrected chi connectivity index (χ0v) is 18.9. The van der Waals surface area contributed by atoms with E-state index in [1.807, 2.05) is 47.4 Å². The standard InChI is InChI=1S/C23H17Cl2N5O3/c1-32-15-6-7-18-16(10-15)19(21(25)30(18)12-13-2-4-14(24)5-3-13)20(31)23-28-22(29-33-23)17-11-26-8-9-27-17/h2-11,19,21H,12H2,1H3. The van der Waals surface area contributed by atoms with Gasteiger partial charge in [0.1, 0.15) is 16.9 Å². The van der Waals surface area contributed by atoms with Crippen molar-refractivity contribution < 1.29 is 14.1 Å². The van der Waals surface area contributed by atoms with Gasteiger partial charge in [0, 0.05) is 29.6 Å². The molecule has 0 amide bonds. The van der Waals surface area contributed by atoms with Gasteiger partial charge in [-0.2, -0.15) is 4.98 Å². The van der Waals surface area contributed by atoms with Crippen LogP contribution in [0, 0.1) is 0 Å². The van der Waals surface area contributed by atoms with Crippen molar-refractivity contribution in [3.05, 3.63) is 83.1 Å². The lowest BCUT2D eigenvalue weighted by Crippen LogP contribution is -2.32. The molecule has 0 fully saturated rings. The molecule has 8 nitrogen and oxygen atoms in total. The summed E-state index contributed by atoms with van der Waals surface area (Å²) in [6.45, 7) is 0.489. The van der Waals surface area contributed by atoms with Crippen LogP contribution in [-0.4, -0.2) is 38.5 Å². The number of hydrogen-bond acceptors (Lipinski definition) is 8. The molecule has 2 unspecified atom stereocenters. The minimum absolute atomic E-state index is 0.145. The zero-order chi connectivity index (χ0) is 22.9. The Balaban J connectivity index is 1.50. The van der Waals surface area contributed by atoms with Gasteiger partial charge in [-0.15, -0.1) is 0 Å². The Bertz CT molecular complexity index is 1300. The first-order chi connectivity index (χ1) is 16.0. The molecule has 0 spiro atoms. The first-order valence-electron chi connectivity index (χ1n) is 10.0. The van der Waals surface area contributed by atoms with E-state index in [9.17, 15) is 4.79 Å². The number of ether oxygens (including phenoxy) is 1. The minimum Gasteiger partial charge on any atom is -0.497 e. The molecule has 166 valence electrons. The molecule has 2 aromatic heterocycles. The largest absolute Gasteiger partial charge is 0.497 e. The van der Waals surface area contributed by atoms with Gasteiger partial charge >= 0.3 is 0 Å². The smallest absolute Gasteiger partial charge is 0.295 e. The van der Waals surface area contributed by atoms with Crippen molar-refractivity contribution in [1.82, 2.24) is 20.1 Å². The fourth-order valence-electron chi connectivity index (χ4n) is 3.83. The van der Waals surface area contributed by atoms with E-state index < -0.39 is 11.4 Å². The summed E-state index contributed by atoms with van der Waals surface area (Å²) < 4.78 is 10.7. The highest BCUT2D eigenvalue weighted by Gasteiger charge is 2.44. The maximum atomic E-state index is 13.5. The van der Waals surface area contributed by atoms with Crippen molar-refractivity contribution >= 4 is 34.7 Å². The maximum Gasteiger partial charge on any atom is 0.295 e. The molecule has 0 saturated heterocycles. The number of hydrogen-bond donors (Lipinski definition) is 0. The van der Waals surface area contributed by atoms with Gasteiger partial charge in [-0.05, 0) is 41.5 Å². The Labute approximate surface area is 199 Å². The molecule has 0 radical (unpaired) electrons. The molecule has 2 atom stereocenters. The summed E-state index contributed by atoms with van der Waals surface area (Å²) >= 11 is 12.9. The van der Waals surface area contributed by atoms with Gasteiger partial charge in [-0.1, -0.05) is 40.5 Å². The number of carbonyl (C=O) groups excluding carboxylic acids is 1. The van der Waals surface area contributed by atoms with Crippen LogP contribution < -0.4 is 9.64 Å². The molecule has 33 heavy (non-hydrogen) atoms. The van der Waals surface area contributed by atoms with Crippen LogP contribution in [0.3, 0.4) is 0 Å². The number of alkyl halides is 1. The quantitative estimate of drug-likeness (QED) is 0.221. The summed E-state index contributed by atoms with van der Waals surface area (Å²) in [5.74, 6) is -0.465. The molecule has 0 aliphatic carbocycles. The van der Waals surface area contributed by atoms with E-state index in [2.05, 4.69) is 20.1 Å². The average molecular weight is 482 g/mol. The number of halogens is 2. The highest BCUT2D eigenvalue weighted by Crippen LogP contribution is 2.46. The Morgan fingerprint density at radius 1 is 1.18 bits per heavy atom. The van der Waals surface area contributed by atoms with E-state index in [4.69, 9.17) is 32.5 Å². The SMILES string of the molecule is COc1ccc2c(c1)C(C(=O)c1nc(-c3cnccn3)no1)C(Cl)N2Cc1ccc(Cl)cc1. The fraction of sp³-hybridized carbons (Fsp3) is 0.174. The molecule has 5 rings (SSSR count). The van der Waals surface area contributed by atoms with Crippen molar-refractivity contribution in [2.24, 2.45) is 0 Å². The van der Waals surface area contributed by atoms with E-state index in [1.54, 1.807) is 7.11 Å². The van der Waals surface area contributed by atoms with E-state index in [-0.39, 0.29) is 17.5 Å². The number of rotatable bonds is 6. The normalized spacial score (nSPS) is 17.1. The topological polar surface area (TPSA) is 94.2 Å². The summed E-state index contributed by atoms with van der Waals surface area (Å²) in [6.07, 6.45) is 4.54. The highest BCUT2D eigenvalue weighted by atomic mass is 35.5. The van der Waals surface area contributed by atoms with Crippen LogP contribution in [0.25, 0.3) is 11.5 Å². The second-order valence-electron chi connectivity index (χ2n) is 7.41. The molecule has 0 N–H and O–H groups in total. The molecular formula is C23H17Cl2N5O3. The number of methoxy groups -OCH3 is 1. The zero-order valence-electron chi connectivity index (χ0n) is 17.4. The Morgan fingerprint density at radius 2 is 2.00 bits per heavy atom. The molecule has 3 heterocycles. The fourth-order valence-corrected chi connectivity index (χ4v) is 4.38. The van der Waals surface area contributed by atoms with Crippen LogP contribution in [0.2, 0.25) is 5.02 Å². The summed E-state index contributed by atoms with van der Waals surface area (Å²) in [7, 11) is 1.57. The molecule has 4 aromatic rings. The number of benzene rings is 2. The predicted molar refractivity (Wildman–Crippen MR) is 123 cm³/mol. The Kier molecular flexibility index (Phi) is 5.70. The van der Waals surface area contributed by atoms with Crippen LogP contribution >= 0.6 is 23.2 Å². The second kappa shape index (κ2) is 8.80. The Morgan fingerprint density at radius 3 is 2.73 bits per heavy atom. The van der Waals surface area contributed by atoms with Crippen molar-refractivity contribution in [1.29, 1.82) is 0 Å². The predicted octanol–water partition coefficient (Wildman–Crippen LogP) is 4.74. The number of carbonyl (C=O) groups is 1. The lowest BCUT2D eigenvalue weighted by molar-refractivity contribution is 0.0917. The van der Waals surface area contributed by atoms with E-state index >= 15 is 0 Å². The maximum absolute atomic E-state index is 13.5. The summed E-state index contributed by atoms with van der Waals surface area (Å²) in [5, 5.41) is 4.53. The third-order valence-corrected chi connectivity index (χ3v) is 6.17. The van der Waals surface area contributed by atoms with Gasteiger partial charge < -0.3 is 14.2 Å². The molecule has 0 bridgehead atoms. The Hall–Kier alpha value is -3.49. The third kappa shape index (κ3) is 4.03. The van der Waals surface area contributed by atoms with Crippen LogP contribution in [0.5, 0.6) is 5.75 Å². The van der Waals surface area contributed by atoms with Gasteiger partial charge in [0.2, 0.25) is 11.6 Å². The van der Waals surface area contributed by atoms with Gasteiger partial charge in [0.25, 0.3) is 5.89 Å². The van der Waals surface area contributed by atoms with Crippen molar-refractivity contribution in [2.45, 2.75) is 18.0 Å². The molecule has 10 heteroatoms. The molecule has 1 aliphatic heterocycles. The van der Waals surface area contributed by atoms with Crippen LogP contribution in [-0.2, 0) is 6.54 Å². The monoisotopic (exact) mass is 481 g/mol. The number of nitrogens with zero attached hydrogens (tertiary/aromatic N) is 5. The number of Topliss-reactive ketones (excluding diaryl/α,β-unsaturated/α-hetero) is 1. The summed E-state index contributed by atoms with van der Waals surface area (Å²) in [5.41, 5.74) is 2.29. The van der Waals surface area contributed by atoms with Gasteiger partial charge in [0.15, 0.2) is 0 Å². The van der Waals surface area contributed by atoms with E-state index in [0.717, 1.165) is 16.8 Å². The minimum atomic E-state index is -0.737. The number of aromatic nitrogens is 4. The van der Waals surface area contributed by atoms with Crippen LogP contribution in [0.4, 0.5) is 5.69 Å². The molecular weight excluding hydrogens is 465 g/mol. The molecule has 2 aromatic carbocycles. The lowest BCUT2D eigenvalue weighted by Gasteiger charge is -2.25. The lowest BCUT2D eigenvalue weighted by atomic mass is 9.96. The first-order valence-corrected chi connectivity index (χ1v) is 10.8. The van der Waals surface area contributed by atoms with E-state index in [1.165, 1.54) is 18.6 Å². The van der Waals surface area contributed by atoms with Gasteiger partial charge in [0.05, 0.1) is 19.2 Å². The van der Waals surface area contributed by atoms with E-state index in [0.29, 0.717) is 23.0 Å². The highest BCUT2D eigenvalue weighted by molar-refractivity contribution is 6.30.